The second kappa shape index (κ2) is 7.46. The highest BCUT2D eigenvalue weighted by molar-refractivity contribution is 8.02. The highest BCUT2D eigenvalue weighted by Gasteiger charge is 2.36. The van der Waals surface area contributed by atoms with E-state index >= 15 is 0 Å². The quantitative estimate of drug-likeness (QED) is 0.723. The van der Waals surface area contributed by atoms with Crippen molar-refractivity contribution in [1.29, 1.82) is 0 Å². The van der Waals surface area contributed by atoms with Crippen molar-refractivity contribution in [2.24, 2.45) is 0 Å². The smallest absolute Gasteiger partial charge is 0.0465 e. The van der Waals surface area contributed by atoms with Crippen molar-refractivity contribution in [3.05, 3.63) is 90.7 Å². The Balaban J connectivity index is 1.58. The molecule has 2 fully saturated rings. The van der Waals surface area contributed by atoms with Gasteiger partial charge in [0, 0.05) is 15.4 Å². The summed E-state index contributed by atoms with van der Waals surface area (Å²) in [4.78, 5) is 1.31. The predicted molar refractivity (Wildman–Crippen MR) is 93.9 cm³/mol. The first-order valence-corrected chi connectivity index (χ1v) is 9.08. The zero-order valence-electron chi connectivity index (χ0n) is 12.3. The normalized spacial score (nSPS) is 22.4. The molecule has 2 aliphatic rings. The van der Waals surface area contributed by atoms with E-state index in [1.165, 1.54) is 32.8 Å². The third kappa shape index (κ3) is 4.01. The van der Waals surface area contributed by atoms with E-state index in [2.05, 4.69) is 76.0 Å². The molecule has 0 aliphatic heterocycles. The van der Waals surface area contributed by atoms with Gasteiger partial charge in [-0.05, 0) is 82.1 Å². The topological polar surface area (TPSA) is 0 Å². The summed E-state index contributed by atoms with van der Waals surface area (Å²) in [6, 6.07) is 8.75. The van der Waals surface area contributed by atoms with Crippen molar-refractivity contribution in [3.63, 3.8) is 0 Å². The van der Waals surface area contributed by atoms with Crippen LogP contribution in [0.5, 0.6) is 0 Å². The molecule has 0 bridgehead atoms. The van der Waals surface area contributed by atoms with Crippen LogP contribution in [0.2, 0.25) is 0 Å². The van der Waals surface area contributed by atoms with Crippen molar-refractivity contribution in [3.8, 4) is 0 Å². The van der Waals surface area contributed by atoms with Crippen molar-refractivity contribution < 1.29 is 0 Å². The summed E-state index contributed by atoms with van der Waals surface area (Å²) < 4.78 is 0. The molecule has 2 saturated carbocycles. The molecule has 0 saturated heterocycles. The lowest BCUT2D eigenvalue weighted by Crippen LogP contribution is -2.09. The van der Waals surface area contributed by atoms with Gasteiger partial charge in [-0.1, -0.05) is 17.7 Å². The third-order valence-electron chi connectivity index (χ3n) is 3.57. The maximum Gasteiger partial charge on any atom is 0.0465 e. The second-order valence-electron chi connectivity index (χ2n) is 5.13. The molecule has 1 aromatic rings. The van der Waals surface area contributed by atoms with Crippen LogP contribution in [0.25, 0.3) is 0 Å². The van der Waals surface area contributed by atoms with E-state index < -0.39 is 0 Å². The van der Waals surface area contributed by atoms with Crippen LogP contribution in [0.15, 0.2) is 29.2 Å². The van der Waals surface area contributed by atoms with Crippen LogP contribution < -0.4 is 0 Å². The van der Waals surface area contributed by atoms with Gasteiger partial charge in [0.15, 0.2) is 0 Å². The van der Waals surface area contributed by atoms with Gasteiger partial charge in [0.1, 0.15) is 0 Å². The number of rotatable bonds is 5. The molecular weight excluding hydrogens is 292 g/mol. The lowest BCUT2D eigenvalue weighted by atomic mass is 9.92. The number of hydrogen-bond donors (Lipinski definition) is 0. The molecule has 0 unspecified atom stereocenters. The number of benzene rings is 1. The Hall–Kier alpha value is -0.0800. The average molecular weight is 310 g/mol. The second-order valence-corrected chi connectivity index (χ2v) is 7.09. The summed E-state index contributed by atoms with van der Waals surface area (Å²) in [6.45, 7) is 2.13. The van der Waals surface area contributed by atoms with Crippen LogP contribution in [0.4, 0.5) is 0 Å². The predicted octanol–water partition coefficient (Wildman–Crippen LogP) is 5.31. The van der Waals surface area contributed by atoms with E-state index in [-0.39, 0.29) is 0 Å². The first-order chi connectivity index (χ1) is 10.3. The van der Waals surface area contributed by atoms with Gasteiger partial charge >= 0.3 is 0 Å². The monoisotopic (exact) mass is 310 g/mol. The van der Waals surface area contributed by atoms with Gasteiger partial charge in [-0.3, -0.25) is 0 Å². The van der Waals surface area contributed by atoms with Gasteiger partial charge < -0.3 is 0 Å². The van der Waals surface area contributed by atoms with Crippen molar-refractivity contribution in [2.75, 3.05) is 6.26 Å². The standard InChI is InChI=1S/C19H18S2/c1-14-9-11-17(12-10-14)21-19-8-4-6-16(19)13-15-5-3-7-18(15)20-2/h3-12H,13H2,1-2H3. The fourth-order valence-electron chi connectivity index (χ4n) is 2.41. The lowest BCUT2D eigenvalue weighted by molar-refractivity contribution is 0.932. The Morgan fingerprint density at radius 3 is 2.10 bits per heavy atom. The first kappa shape index (κ1) is 15.8. The van der Waals surface area contributed by atoms with Crippen LogP contribution >= 0.6 is 23.5 Å². The summed E-state index contributed by atoms with van der Waals surface area (Å²) >= 11 is 3.69. The lowest BCUT2D eigenvalue weighted by Gasteiger charge is -2.23. The fourth-order valence-corrected chi connectivity index (χ4v) is 3.97. The Labute approximate surface area is 138 Å². The first-order valence-electron chi connectivity index (χ1n) is 7.04. The van der Waals surface area contributed by atoms with Crippen LogP contribution in [-0.2, 0) is 0 Å². The van der Waals surface area contributed by atoms with E-state index in [9.17, 15) is 0 Å². The summed E-state index contributed by atoms with van der Waals surface area (Å²) in [7, 11) is 0. The van der Waals surface area contributed by atoms with Gasteiger partial charge in [-0.2, -0.15) is 11.8 Å². The largest absolute Gasteiger partial charge is 0.156 e. The van der Waals surface area contributed by atoms with Gasteiger partial charge in [0.2, 0.25) is 0 Å². The molecular formula is C19H18S2. The van der Waals surface area contributed by atoms with E-state index in [1.807, 2.05) is 23.5 Å². The molecule has 0 N–H and O–H groups in total. The minimum Gasteiger partial charge on any atom is -0.156 e. The zero-order valence-corrected chi connectivity index (χ0v) is 13.9. The van der Waals surface area contributed by atoms with Gasteiger partial charge in [-0.25, -0.2) is 0 Å². The number of hydrogen-bond acceptors (Lipinski definition) is 2. The molecule has 2 aliphatic carbocycles. The third-order valence-corrected chi connectivity index (χ3v) is 5.54. The summed E-state index contributed by atoms with van der Waals surface area (Å²) in [5.41, 5.74) is 1.31. The minimum atomic E-state index is 1.02. The van der Waals surface area contributed by atoms with Crippen molar-refractivity contribution in [2.45, 2.75) is 18.2 Å². The van der Waals surface area contributed by atoms with E-state index in [4.69, 9.17) is 0 Å². The van der Waals surface area contributed by atoms with Gasteiger partial charge in [0.05, 0.1) is 0 Å². The van der Waals surface area contributed by atoms with Crippen LogP contribution in [0, 0.1) is 67.8 Å². The van der Waals surface area contributed by atoms with Crippen molar-refractivity contribution in [1.82, 2.24) is 0 Å². The van der Waals surface area contributed by atoms with E-state index in [1.54, 1.807) is 0 Å². The summed E-state index contributed by atoms with van der Waals surface area (Å²) in [6.07, 6.45) is 16.4. The summed E-state index contributed by atoms with van der Waals surface area (Å²) in [5.74, 6) is 2.85. The van der Waals surface area contributed by atoms with E-state index in [0.717, 1.165) is 6.42 Å². The Kier molecular flexibility index (Phi) is 5.61. The molecule has 2 heteroatoms. The van der Waals surface area contributed by atoms with Crippen LogP contribution in [0.3, 0.4) is 0 Å². The molecule has 10 radical (unpaired) electrons. The van der Waals surface area contributed by atoms with Gasteiger partial charge in [-0.15, -0.1) is 11.8 Å². The van der Waals surface area contributed by atoms with E-state index in [0.29, 0.717) is 0 Å². The van der Waals surface area contributed by atoms with Crippen LogP contribution in [-0.4, -0.2) is 6.26 Å². The molecule has 0 nitrogen and oxygen atoms in total. The fraction of sp³-hybridized carbons (Fsp3) is 0.158. The molecule has 3 rings (SSSR count). The minimum absolute atomic E-state index is 1.02. The maximum atomic E-state index is 2.24. The average Bonchev–Trinajstić information content (AvgIpc) is 3.11. The highest BCUT2D eigenvalue weighted by atomic mass is 32.2. The molecule has 21 heavy (non-hydrogen) atoms. The molecule has 0 heterocycles. The number of aryl methyl sites for hydroxylation is 1. The van der Waals surface area contributed by atoms with Crippen molar-refractivity contribution >= 4 is 23.5 Å². The Morgan fingerprint density at radius 1 is 0.810 bits per heavy atom. The molecule has 106 valence electrons. The zero-order chi connectivity index (χ0) is 14.7. The Morgan fingerprint density at radius 2 is 1.43 bits per heavy atom. The SMILES string of the molecule is CS[C]1[CH][CH][CH][C]1C[C]1[CH][CH][CH][C]1Sc1ccc(C)cc1. The molecule has 0 aromatic heterocycles. The highest BCUT2D eigenvalue weighted by Crippen LogP contribution is 2.52. The van der Waals surface area contributed by atoms with Crippen LogP contribution in [0.1, 0.15) is 12.0 Å². The molecule has 1 aromatic carbocycles. The van der Waals surface area contributed by atoms with Gasteiger partial charge in [0.25, 0.3) is 0 Å². The summed E-state index contributed by atoms with van der Waals surface area (Å²) in [5, 5.41) is 2.76. The molecule has 0 spiro atoms. The Bertz CT molecular complexity index is 439. The molecule has 0 amide bonds. The maximum absolute atomic E-state index is 2.24. The number of thioether (sulfide) groups is 2. The molecule has 0 atom stereocenters.